The van der Waals surface area contributed by atoms with Crippen LogP contribution in [-0.4, -0.2) is 111 Å². The Morgan fingerprint density at radius 2 is 0.481 bits per heavy atom. The van der Waals surface area contributed by atoms with Crippen LogP contribution >= 0.6 is 0 Å². The smallest absolute Gasteiger partial charge is 0.243 e. The number of hydrogen-bond donors (Lipinski definition) is 12. The Kier molecular flexibility index (Phi) is 53.2. The lowest BCUT2D eigenvalue weighted by Crippen LogP contribution is -2.53. The van der Waals surface area contributed by atoms with Crippen LogP contribution in [0.4, 0.5) is 0 Å². The Morgan fingerprint density at radius 1 is 0.253 bits per heavy atom. The van der Waals surface area contributed by atoms with Crippen LogP contribution in [0.1, 0.15) is 270 Å². The van der Waals surface area contributed by atoms with Crippen molar-refractivity contribution in [3.05, 3.63) is 0 Å². The van der Waals surface area contributed by atoms with Crippen molar-refractivity contribution in [1.82, 2.24) is 31.9 Å². The van der Waals surface area contributed by atoms with Crippen molar-refractivity contribution in [1.29, 1.82) is 0 Å². The van der Waals surface area contributed by atoms with Gasteiger partial charge in [0.25, 0.3) is 0 Å². The zero-order chi connectivity index (χ0) is 58.2. The minimum absolute atomic E-state index is 0.0501. The van der Waals surface area contributed by atoms with Crippen molar-refractivity contribution in [2.45, 2.75) is 294 Å². The molecule has 0 fully saturated rings. The molecular formula is C60H120N12O7. The Balaban J connectivity index is 4.50. The number of unbranched alkanes of at least 4 members (excludes halogenated alkanes) is 28. The van der Waals surface area contributed by atoms with Crippen molar-refractivity contribution in [2.75, 3.05) is 45.8 Å². The number of rotatable bonds is 59. The SMILES string of the molecule is NCCCCCCCCCCCC(=O)N[C@@H](CCCCN)C(=O)NCCCCCCCCCCCC(=O)N[C@@H](CCCCN)C(=O)N[C@@H](CCCCN)C(=O)NCCCCCCCCCCCC(=O)N[C@@H](CCCCN)C(N)=O. The van der Waals surface area contributed by atoms with Crippen molar-refractivity contribution in [3.8, 4) is 0 Å². The average Bonchev–Trinajstić information content (AvgIpc) is 3.42. The van der Waals surface area contributed by atoms with E-state index in [9.17, 15) is 33.6 Å². The maximum absolute atomic E-state index is 13.7. The highest BCUT2D eigenvalue weighted by Gasteiger charge is 2.27. The first-order chi connectivity index (χ1) is 38.4. The molecule has 0 aliphatic rings. The molecule has 79 heavy (non-hydrogen) atoms. The fourth-order valence-electron chi connectivity index (χ4n) is 9.77. The number of nitrogens with two attached hydrogens (primary N) is 6. The van der Waals surface area contributed by atoms with Gasteiger partial charge in [0, 0.05) is 32.4 Å². The number of carbonyl (C=O) groups is 7. The average molecular weight is 1120 g/mol. The molecule has 4 atom stereocenters. The van der Waals surface area contributed by atoms with Crippen molar-refractivity contribution < 1.29 is 33.6 Å². The molecule has 0 saturated heterocycles. The zero-order valence-electron chi connectivity index (χ0n) is 49.8. The molecule has 19 heteroatoms. The largest absolute Gasteiger partial charge is 0.368 e. The van der Waals surface area contributed by atoms with Gasteiger partial charge in [0.2, 0.25) is 41.4 Å². The van der Waals surface area contributed by atoms with Gasteiger partial charge in [-0.05, 0) is 148 Å². The standard InChI is InChI=1S/C60H120N12O7/c61-43-29-19-13-7-1-4-10-17-23-41-55(74)70-51(37-26-31-45-63)58(77)67-48-34-20-14-8-3-6-12-18-24-42-56(75)71-53(39-28-33-47-65)60(79)72-52(38-27-32-46-64)59(78)68-49-35-21-15-9-2-5-11-16-22-40-54(73)69-50(57(66)76)36-25-30-44-62/h50-53H,1-49,61-65H2,(H2,66,76)(H,67,77)(H,68,78)(H,69,73)(H,70,74)(H,71,75)(H,72,79)/t50-,51-,52-,53-/m0/s1. The second kappa shape index (κ2) is 56.0. The molecule has 0 radical (unpaired) electrons. The van der Waals surface area contributed by atoms with E-state index in [0.29, 0.717) is 97.1 Å². The van der Waals surface area contributed by atoms with Crippen LogP contribution in [0.2, 0.25) is 0 Å². The van der Waals surface area contributed by atoms with E-state index in [1.54, 1.807) is 0 Å². The first-order valence-electron chi connectivity index (χ1n) is 32.0. The van der Waals surface area contributed by atoms with Crippen LogP contribution in [0, 0.1) is 0 Å². The number of hydrogen-bond acceptors (Lipinski definition) is 12. The van der Waals surface area contributed by atoms with Gasteiger partial charge >= 0.3 is 0 Å². The van der Waals surface area contributed by atoms with E-state index in [2.05, 4.69) is 31.9 Å². The van der Waals surface area contributed by atoms with E-state index >= 15 is 0 Å². The third kappa shape index (κ3) is 47.4. The molecule has 18 N–H and O–H groups in total. The summed E-state index contributed by atoms with van der Waals surface area (Å²) in [5, 5.41) is 17.7. The van der Waals surface area contributed by atoms with Gasteiger partial charge in [-0.2, -0.15) is 0 Å². The van der Waals surface area contributed by atoms with E-state index in [1.807, 2.05) is 0 Å². The molecule has 0 bridgehead atoms. The summed E-state index contributed by atoms with van der Waals surface area (Å²) in [6.07, 6.45) is 37.4. The van der Waals surface area contributed by atoms with Gasteiger partial charge in [0.05, 0.1) is 0 Å². The van der Waals surface area contributed by atoms with Crippen molar-refractivity contribution in [2.24, 2.45) is 34.4 Å². The Labute approximate surface area is 479 Å². The van der Waals surface area contributed by atoms with Gasteiger partial charge in [-0.25, -0.2) is 0 Å². The van der Waals surface area contributed by atoms with Crippen LogP contribution in [0.5, 0.6) is 0 Å². The summed E-state index contributed by atoms with van der Waals surface area (Å²) in [7, 11) is 0. The Hall–Kier alpha value is -3.91. The molecule has 0 aliphatic carbocycles. The predicted molar refractivity (Wildman–Crippen MR) is 322 cm³/mol. The summed E-state index contributed by atoms with van der Waals surface area (Å²) in [4.78, 5) is 89.8. The van der Waals surface area contributed by atoms with Gasteiger partial charge < -0.3 is 66.3 Å². The third-order valence-corrected chi connectivity index (χ3v) is 14.8. The molecule has 0 aromatic carbocycles. The fourth-order valence-corrected chi connectivity index (χ4v) is 9.77. The summed E-state index contributed by atoms with van der Waals surface area (Å²) in [5.74, 6) is -1.54. The summed E-state index contributed by atoms with van der Waals surface area (Å²) >= 11 is 0. The molecule has 0 heterocycles. The van der Waals surface area contributed by atoms with Crippen LogP contribution in [0.3, 0.4) is 0 Å². The van der Waals surface area contributed by atoms with Crippen LogP contribution in [0.15, 0.2) is 0 Å². The molecule has 0 rings (SSSR count). The fraction of sp³-hybridized carbons (Fsp3) is 0.883. The predicted octanol–water partition coefficient (Wildman–Crippen LogP) is 6.82. The molecule has 0 aliphatic heterocycles. The van der Waals surface area contributed by atoms with E-state index in [-0.39, 0.29) is 35.4 Å². The normalized spacial score (nSPS) is 12.8. The monoisotopic (exact) mass is 1120 g/mol. The molecule has 19 nitrogen and oxygen atoms in total. The lowest BCUT2D eigenvalue weighted by atomic mass is 10.0. The molecular weight excluding hydrogens is 1000 g/mol. The molecule has 0 unspecified atom stereocenters. The number of primary amides is 1. The quantitative estimate of drug-likeness (QED) is 0.0279. The molecule has 0 spiro atoms. The highest BCUT2D eigenvalue weighted by molar-refractivity contribution is 5.92. The number of nitrogens with one attached hydrogen (secondary N) is 6. The summed E-state index contributed by atoms with van der Waals surface area (Å²) in [5.41, 5.74) is 33.7. The van der Waals surface area contributed by atoms with Crippen LogP contribution in [-0.2, 0) is 33.6 Å². The summed E-state index contributed by atoms with van der Waals surface area (Å²) < 4.78 is 0. The molecule has 462 valence electrons. The highest BCUT2D eigenvalue weighted by atomic mass is 16.2. The van der Waals surface area contributed by atoms with E-state index < -0.39 is 30.1 Å². The van der Waals surface area contributed by atoms with Gasteiger partial charge in [-0.15, -0.1) is 0 Å². The lowest BCUT2D eigenvalue weighted by Gasteiger charge is -2.23. The minimum Gasteiger partial charge on any atom is -0.368 e. The van der Waals surface area contributed by atoms with Crippen molar-refractivity contribution >= 4 is 41.4 Å². The number of carbonyl (C=O) groups excluding carboxylic acids is 7. The molecule has 7 amide bonds. The lowest BCUT2D eigenvalue weighted by molar-refractivity contribution is -0.132. The molecule has 0 saturated carbocycles. The second-order valence-corrected chi connectivity index (χ2v) is 22.1. The Morgan fingerprint density at radius 3 is 0.785 bits per heavy atom. The molecule has 0 aromatic heterocycles. The zero-order valence-corrected chi connectivity index (χ0v) is 49.8. The van der Waals surface area contributed by atoms with E-state index in [4.69, 9.17) is 34.4 Å². The van der Waals surface area contributed by atoms with E-state index in [0.717, 1.165) is 186 Å². The first-order valence-corrected chi connectivity index (χ1v) is 32.0. The van der Waals surface area contributed by atoms with Gasteiger partial charge in [0.15, 0.2) is 0 Å². The van der Waals surface area contributed by atoms with Gasteiger partial charge in [0.1, 0.15) is 24.2 Å². The molecule has 0 aromatic rings. The topological polar surface area (TPSA) is 348 Å². The van der Waals surface area contributed by atoms with Crippen molar-refractivity contribution in [3.63, 3.8) is 0 Å². The first kappa shape index (κ1) is 75.1. The number of amides is 7. The van der Waals surface area contributed by atoms with Gasteiger partial charge in [-0.3, -0.25) is 33.6 Å². The van der Waals surface area contributed by atoms with Crippen LogP contribution < -0.4 is 66.3 Å². The third-order valence-electron chi connectivity index (χ3n) is 14.8. The highest BCUT2D eigenvalue weighted by Crippen LogP contribution is 2.15. The maximum atomic E-state index is 13.7. The van der Waals surface area contributed by atoms with Gasteiger partial charge in [-0.1, -0.05) is 135 Å². The Bertz CT molecular complexity index is 1530. The second-order valence-electron chi connectivity index (χ2n) is 22.1. The summed E-state index contributed by atoms with van der Waals surface area (Å²) in [6, 6.07) is -2.62. The summed E-state index contributed by atoms with van der Waals surface area (Å²) in [6.45, 7) is 3.97. The minimum atomic E-state index is -0.750. The van der Waals surface area contributed by atoms with Crippen LogP contribution in [0.25, 0.3) is 0 Å². The maximum Gasteiger partial charge on any atom is 0.243 e. The van der Waals surface area contributed by atoms with E-state index in [1.165, 1.54) is 32.1 Å².